The van der Waals surface area contributed by atoms with Crippen LogP contribution in [-0.2, 0) is 0 Å². The Labute approximate surface area is 116 Å². The minimum atomic E-state index is -0.0269. The lowest BCUT2D eigenvalue weighted by Gasteiger charge is -2.26. The van der Waals surface area contributed by atoms with Gasteiger partial charge in [0.2, 0.25) is 0 Å². The molecule has 2 saturated carbocycles. The molecule has 2 nitrogen and oxygen atoms in total. The lowest BCUT2D eigenvalue weighted by atomic mass is 9.80. The van der Waals surface area contributed by atoms with Crippen molar-refractivity contribution in [1.82, 2.24) is 0 Å². The van der Waals surface area contributed by atoms with Gasteiger partial charge in [-0.15, -0.1) is 0 Å². The highest BCUT2D eigenvalue weighted by Gasteiger charge is 2.49. The van der Waals surface area contributed by atoms with E-state index in [0.29, 0.717) is 27.4 Å². The third-order valence-electron chi connectivity index (χ3n) is 4.49. The number of carbonyl (C=O) groups excluding carboxylic acids is 1. The van der Waals surface area contributed by atoms with Crippen molar-refractivity contribution < 1.29 is 4.79 Å². The van der Waals surface area contributed by atoms with Gasteiger partial charge in [-0.1, -0.05) is 23.2 Å². The van der Waals surface area contributed by atoms with E-state index >= 15 is 0 Å². The third-order valence-corrected chi connectivity index (χ3v) is 5.23. The zero-order valence-corrected chi connectivity index (χ0v) is 11.4. The van der Waals surface area contributed by atoms with Gasteiger partial charge >= 0.3 is 0 Å². The maximum atomic E-state index is 12.5. The molecule has 0 aliphatic heterocycles. The Morgan fingerprint density at radius 1 is 1.17 bits per heavy atom. The monoisotopic (exact) mass is 283 g/mol. The van der Waals surface area contributed by atoms with E-state index < -0.39 is 0 Å². The van der Waals surface area contributed by atoms with Gasteiger partial charge in [-0.3, -0.25) is 4.79 Å². The van der Waals surface area contributed by atoms with Crippen LogP contribution in [0.4, 0.5) is 0 Å². The Hall–Kier alpha value is -0.570. The van der Waals surface area contributed by atoms with Crippen molar-refractivity contribution >= 4 is 29.0 Å². The fourth-order valence-electron chi connectivity index (χ4n) is 3.57. The van der Waals surface area contributed by atoms with Gasteiger partial charge in [0.05, 0.1) is 10.0 Å². The molecular weight excluding hydrogens is 269 g/mol. The number of benzene rings is 1. The van der Waals surface area contributed by atoms with Gasteiger partial charge in [-0.05, 0) is 49.3 Å². The fourth-order valence-corrected chi connectivity index (χ4v) is 3.86. The topological polar surface area (TPSA) is 43.1 Å². The van der Waals surface area contributed by atoms with E-state index in [0.717, 1.165) is 12.8 Å². The molecule has 0 radical (unpaired) electrons. The number of Topliss-reactive ketones (excluding diaryl/α,β-unsaturated/α-hetero) is 1. The van der Waals surface area contributed by atoms with Crippen molar-refractivity contribution in [1.29, 1.82) is 0 Å². The van der Waals surface area contributed by atoms with Crippen LogP contribution < -0.4 is 5.73 Å². The summed E-state index contributed by atoms with van der Waals surface area (Å²) in [4.78, 5) is 12.5. The van der Waals surface area contributed by atoms with Crippen molar-refractivity contribution in [2.75, 3.05) is 0 Å². The van der Waals surface area contributed by atoms with Crippen molar-refractivity contribution in [3.05, 3.63) is 33.8 Å². The molecule has 4 unspecified atom stereocenters. The largest absolute Gasteiger partial charge is 0.327 e. The first-order valence-corrected chi connectivity index (χ1v) is 7.08. The first-order chi connectivity index (χ1) is 8.58. The molecule has 2 fully saturated rings. The normalized spacial score (nSPS) is 33.9. The summed E-state index contributed by atoms with van der Waals surface area (Å²) in [6.45, 7) is 0. The van der Waals surface area contributed by atoms with Crippen LogP contribution in [0.1, 0.15) is 29.6 Å². The van der Waals surface area contributed by atoms with E-state index in [1.165, 1.54) is 6.42 Å². The predicted octanol–water partition coefficient (Wildman–Crippen LogP) is 3.55. The van der Waals surface area contributed by atoms with Gasteiger partial charge in [-0.25, -0.2) is 0 Å². The maximum absolute atomic E-state index is 12.5. The van der Waals surface area contributed by atoms with E-state index in [9.17, 15) is 4.79 Å². The van der Waals surface area contributed by atoms with Crippen LogP contribution in [0.25, 0.3) is 0 Å². The van der Waals surface area contributed by atoms with Gasteiger partial charge in [0, 0.05) is 17.5 Å². The summed E-state index contributed by atoms with van der Waals surface area (Å²) in [7, 11) is 0. The van der Waals surface area contributed by atoms with Crippen LogP contribution in [-0.4, -0.2) is 11.8 Å². The van der Waals surface area contributed by atoms with E-state index in [4.69, 9.17) is 28.9 Å². The molecule has 1 aromatic rings. The molecule has 2 aliphatic carbocycles. The second-order valence-corrected chi connectivity index (χ2v) is 6.24. The zero-order valence-electron chi connectivity index (χ0n) is 9.90. The van der Waals surface area contributed by atoms with Crippen LogP contribution >= 0.6 is 23.2 Å². The maximum Gasteiger partial charge on any atom is 0.167 e. The predicted molar refractivity (Wildman–Crippen MR) is 73.1 cm³/mol. The van der Waals surface area contributed by atoms with Gasteiger partial charge in [-0.2, -0.15) is 0 Å². The first-order valence-electron chi connectivity index (χ1n) is 6.33. The molecule has 1 aromatic carbocycles. The molecule has 2 N–H and O–H groups in total. The Balaban J connectivity index is 1.88. The summed E-state index contributed by atoms with van der Waals surface area (Å²) in [5.74, 6) is 1.10. The molecule has 0 spiro atoms. The molecule has 0 amide bonds. The van der Waals surface area contributed by atoms with E-state index in [2.05, 4.69) is 0 Å². The quantitative estimate of drug-likeness (QED) is 0.844. The average Bonchev–Trinajstić information content (AvgIpc) is 2.92. The third kappa shape index (κ3) is 1.87. The average molecular weight is 284 g/mol. The van der Waals surface area contributed by atoms with Gasteiger partial charge < -0.3 is 5.73 Å². The SMILES string of the molecule is NC1C2CCC(C2)C1C(=O)c1ccc(Cl)c(Cl)c1. The molecule has 0 aromatic heterocycles. The number of fused-ring (bicyclic) bond motifs is 2. The molecule has 4 atom stereocenters. The molecular formula is C14H15Cl2NO. The van der Waals surface area contributed by atoms with Crippen LogP contribution in [0.3, 0.4) is 0 Å². The molecule has 96 valence electrons. The number of hydrogen-bond acceptors (Lipinski definition) is 2. The second-order valence-electron chi connectivity index (χ2n) is 5.43. The standard InChI is InChI=1S/C14H15Cl2NO/c15-10-4-3-9(6-11(10)16)14(18)12-7-1-2-8(5-7)13(12)17/h3-4,6-8,12-13H,1-2,5,17H2. The zero-order chi connectivity index (χ0) is 12.9. The van der Waals surface area contributed by atoms with E-state index in [1.54, 1.807) is 18.2 Å². The highest BCUT2D eigenvalue weighted by atomic mass is 35.5. The Morgan fingerprint density at radius 3 is 2.50 bits per heavy atom. The highest BCUT2D eigenvalue weighted by molar-refractivity contribution is 6.42. The van der Waals surface area contributed by atoms with Gasteiger partial charge in [0.15, 0.2) is 5.78 Å². The Bertz CT molecular complexity index is 501. The number of ketones is 1. The molecule has 0 heterocycles. The van der Waals surface area contributed by atoms with Crippen molar-refractivity contribution in [3.63, 3.8) is 0 Å². The van der Waals surface area contributed by atoms with Crippen LogP contribution in [0.5, 0.6) is 0 Å². The van der Waals surface area contributed by atoms with Crippen molar-refractivity contribution in [2.24, 2.45) is 23.5 Å². The van der Waals surface area contributed by atoms with Gasteiger partial charge in [0.1, 0.15) is 0 Å². The number of nitrogens with two attached hydrogens (primary N) is 1. The number of carbonyl (C=O) groups is 1. The second kappa shape index (κ2) is 4.52. The van der Waals surface area contributed by atoms with E-state index in [-0.39, 0.29) is 17.7 Å². The number of hydrogen-bond donors (Lipinski definition) is 1. The van der Waals surface area contributed by atoms with Crippen molar-refractivity contribution in [2.45, 2.75) is 25.3 Å². The van der Waals surface area contributed by atoms with Gasteiger partial charge in [0.25, 0.3) is 0 Å². The number of halogens is 2. The molecule has 2 bridgehead atoms. The lowest BCUT2D eigenvalue weighted by molar-refractivity contribution is 0.0856. The Kier molecular flexibility index (Phi) is 3.13. The van der Waals surface area contributed by atoms with Crippen LogP contribution in [0.15, 0.2) is 18.2 Å². The first kappa shape index (κ1) is 12.5. The van der Waals surface area contributed by atoms with Crippen LogP contribution in [0.2, 0.25) is 10.0 Å². The summed E-state index contributed by atoms with van der Waals surface area (Å²) in [5.41, 5.74) is 6.83. The molecule has 4 heteroatoms. The summed E-state index contributed by atoms with van der Waals surface area (Å²) < 4.78 is 0. The summed E-state index contributed by atoms with van der Waals surface area (Å²) in [5, 5.41) is 0.907. The summed E-state index contributed by atoms with van der Waals surface area (Å²) in [6.07, 6.45) is 3.42. The van der Waals surface area contributed by atoms with Crippen molar-refractivity contribution in [3.8, 4) is 0 Å². The lowest BCUT2D eigenvalue weighted by Crippen LogP contribution is -2.40. The molecule has 2 aliphatic rings. The van der Waals surface area contributed by atoms with E-state index in [1.807, 2.05) is 0 Å². The Morgan fingerprint density at radius 2 is 1.89 bits per heavy atom. The smallest absolute Gasteiger partial charge is 0.167 e. The molecule has 3 rings (SSSR count). The summed E-state index contributed by atoms with van der Waals surface area (Å²) in [6, 6.07) is 5.10. The summed E-state index contributed by atoms with van der Waals surface area (Å²) >= 11 is 11.8. The minimum Gasteiger partial charge on any atom is -0.327 e. The minimum absolute atomic E-state index is 0.0192. The molecule has 0 saturated heterocycles. The highest BCUT2D eigenvalue weighted by Crippen LogP contribution is 2.48. The van der Waals surface area contributed by atoms with Crippen LogP contribution in [0, 0.1) is 17.8 Å². The number of rotatable bonds is 2. The fraction of sp³-hybridized carbons (Fsp3) is 0.500. The molecule has 18 heavy (non-hydrogen) atoms.